The summed E-state index contributed by atoms with van der Waals surface area (Å²) in [5.74, 6) is -0.273. The van der Waals surface area contributed by atoms with Gasteiger partial charge in [-0.05, 0) is 30.2 Å². The zero-order chi connectivity index (χ0) is 22.6. The number of benzene rings is 2. The van der Waals surface area contributed by atoms with Crippen LogP contribution in [0.4, 0.5) is 5.13 Å². The van der Waals surface area contributed by atoms with E-state index in [2.05, 4.69) is 29.4 Å². The van der Waals surface area contributed by atoms with E-state index in [0.717, 1.165) is 28.4 Å². The Kier molecular flexibility index (Phi) is 7.09. The summed E-state index contributed by atoms with van der Waals surface area (Å²) in [7, 11) is 0.460. The third kappa shape index (κ3) is 5.12. The molecule has 0 atom stereocenters. The molecule has 0 fully saturated rings. The second-order valence-electron chi connectivity index (χ2n) is 7.09. The summed E-state index contributed by atoms with van der Waals surface area (Å²) in [6.45, 7) is 2.14. The van der Waals surface area contributed by atoms with E-state index in [1.54, 1.807) is 0 Å². The number of amides is 1. The number of hydrogen-bond donors (Lipinski definition) is 1. The molecule has 0 spiro atoms. The fourth-order valence-electron chi connectivity index (χ4n) is 2.98. The molecule has 31 heavy (non-hydrogen) atoms. The van der Waals surface area contributed by atoms with Crippen LogP contribution >= 0.6 is 11.3 Å². The van der Waals surface area contributed by atoms with Crippen LogP contribution in [0, 0.1) is 0 Å². The fourth-order valence-corrected chi connectivity index (χ4v) is 4.77. The molecule has 7 nitrogen and oxygen atoms in total. The van der Waals surface area contributed by atoms with Crippen LogP contribution in [-0.2, 0) is 16.4 Å². The number of rotatable bonds is 8. The van der Waals surface area contributed by atoms with E-state index in [1.165, 1.54) is 56.3 Å². The Morgan fingerprint density at radius 2 is 1.87 bits per heavy atom. The SMILES string of the molecule is CCCc1ccc(-c2csc(NC(=O)c3ccc(OC)c(S(=O)(=O)N(C)C)c3)n2)cc1. The molecule has 3 rings (SSSR count). The van der Waals surface area contributed by atoms with Crippen LogP contribution in [0.15, 0.2) is 52.7 Å². The van der Waals surface area contributed by atoms with Gasteiger partial charge in [0.15, 0.2) is 5.13 Å². The van der Waals surface area contributed by atoms with Crippen molar-refractivity contribution < 1.29 is 17.9 Å². The highest BCUT2D eigenvalue weighted by molar-refractivity contribution is 7.89. The van der Waals surface area contributed by atoms with Crippen LogP contribution in [0.3, 0.4) is 0 Å². The summed E-state index contributed by atoms with van der Waals surface area (Å²) in [6.07, 6.45) is 2.13. The van der Waals surface area contributed by atoms with Crippen molar-refractivity contribution in [3.05, 3.63) is 59.0 Å². The molecule has 9 heteroatoms. The lowest BCUT2D eigenvalue weighted by Gasteiger charge is -2.15. The fraction of sp³-hybridized carbons (Fsp3) is 0.273. The number of hydrogen-bond acceptors (Lipinski definition) is 6. The van der Waals surface area contributed by atoms with Crippen molar-refractivity contribution in [2.45, 2.75) is 24.7 Å². The molecule has 164 valence electrons. The molecular formula is C22H25N3O4S2. The third-order valence-electron chi connectivity index (χ3n) is 4.70. The van der Waals surface area contributed by atoms with Crippen LogP contribution in [0.1, 0.15) is 29.3 Å². The molecule has 0 saturated heterocycles. The number of carbonyl (C=O) groups excluding carboxylic acids is 1. The number of methoxy groups -OCH3 is 1. The zero-order valence-corrected chi connectivity index (χ0v) is 19.5. The number of sulfonamides is 1. The van der Waals surface area contributed by atoms with E-state index in [4.69, 9.17) is 4.74 Å². The second-order valence-corrected chi connectivity index (χ2v) is 10.1. The van der Waals surface area contributed by atoms with Gasteiger partial charge in [0.05, 0.1) is 12.8 Å². The largest absolute Gasteiger partial charge is 0.495 e. The van der Waals surface area contributed by atoms with E-state index in [-0.39, 0.29) is 16.2 Å². The van der Waals surface area contributed by atoms with Crippen molar-refractivity contribution in [3.8, 4) is 17.0 Å². The monoisotopic (exact) mass is 459 g/mol. The Bertz CT molecular complexity index is 1170. The molecule has 0 bridgehead atoms. The van der Waals surface area contributed by atoms with Crippen molar-refractivity contribution in [2.75, 3.05) is 26.5 Å². The Morgan fingerprint density at radius 1 is 1.16 bits per heavy atom. The predicted molar refractivity (Wildman–Crippen MR) is 123 cm³/mol. The second kappa shape index (κ2) is 9.59. The van der Waals surface area contributed by atoms with Crippen LogP contribution in [0.2, 0.25) is 0 Å². The van der Waals surface area contributed by atoms with Crippen LogP contribution < -0.4 is 10.1 Å². The molecule has 0 aliphatic heterocycles. The Hall–Kier alpha value is -2.75. The van der Waals surface area contributed by atoms with Crippen LogP contribution in [0.5, 0.6) is 5.75 Å². The van der Waals surface area contributed by atoms with Gasteiger partial charge in [-0.25, -0.2) is 17.7 Å². The van der Waals surface area contributed by atoms with Gasteiger partial charge in [0.2, 0.25) is 10.0 Å². The van der Waals surface area contributed by atoms with Gasteiger partial charge in [-0.1, -0.05) is 37.6 Å². The molecular weight excluding hydrogens is 434 g/mol. The summed E-state index contributed by atoms with van der Waals surface area (Å²) in [6, 6.07) is 12.5. The molecule has 1 heterocycles. The maximum atomic E-state index is 12.7. The van der Waals surface area contributed by atoms with Crippen LogP contribution in [0.25, 0.3) is 11.3 Å². The van der Waals surface area contributed by atoms with E-state index in [1.807, 2.05) is 17.5 Å². The maximum Gasteiger partial charge on any atom is 0.257 e. The molecule has 0 radical (unpaired) electrons. The topological polar surface area (TPSA) is 88.6 Å². The summed E-state index contributed by atoms with van der Waals surface area (Å²) in [5, 5.41) is 5.06. The number of nitrogens with zero attached hydrogens (tertiary/aromatic N) is 2. The minimum atomic E-state index is -3.77. The third-order valence-corrected chi connectivity index (χ3v) is 7.29. The smallest absolute Gasteiger partial charge is 0.257 e. The van der Waals surface area contributed by atoms with E-state index < -0.39 is 15.9 Å². The summed E-state index contributed by atoms with van der Waals surface area (Å²) in [5.41, 5.74) is 3.22. The summed E-state index contributed by atoms with van der Waals surface area (Å²) >= 11 is 1.31. The van der Waals surface area contributed by atoms with Gasteiger partial charge in [0, 0.05) is 30.6 Å². The lowest BCUT2D eigenvalue weighted by molar-refractivity contribution is 0.102. The minimum absolute atomic E-state index is 0.0698. The molecule has 0 unspecified atom stereocenters. The highest BCUT2D eigenvalue weighted by atomic mass is 32.2. The normalized spacial score (nSPS) is 11.5. The van der Waals surface area contributed by atoms with Crippen molar-refractivity contribution in [2.24, 2.45) is 0 Å². The van der Waals surface area contributed by atoms with E-state index in [9.17, 15) is 13.2 Å². The van der Waals surface area contributed by atoms with Crippen molar-refractivity contribution in [1.29, 1.82) is 0 Å². The average Bonchev–Trinajstić information content (AvgIpc) is 3.22. The Morgan fingerprint density at radius 3 is 2.48 bits per heavy atom. The van der Waals surface area contributed by atoms with E-state index >= 15 is 0 Å². The number of carbonyl (C=O) groups is 1. The standard InChI is InChI=1S/C22H25N3O4S2/c1-5-6-15-7-9-16(10-8-15)18-14-30-22(23-18)24-21(26)17-11-12-19(29-4)20(13-17)31(27,28)25(2)3/h7-14H,5-6H2,1-4H3,(H,23,24,26). The predicted octanol–water partition coefficient (Wildman–Crippen LogP) is 4.27. The van der Waals surface area contributed by atoms with E-state index in [0.29, 0.717) is 5.13 Å². The maximum absolute atomic E-state index is 12.7. The number of nitrogens with one attached hydrogen (secondary N) is 1. The number of aromatic nitrogens is 1. The van der Waals surface area contributed by atoms with Gasteiger partial charge in [-0.15, -0.1) is 11.3 Å². The number of ether oxygens (including phenoxy) is 1. The van der Waals surface area contributed by atoms with Crippen molar-refractivity contribution in [1.82, 2.24) is 9.29 Å². The molecule has 1 N–H and O–H groups in total. The summed E-state index contributed by atoms with van der Waals surface area (Å²) in [4.78, 5) is 17.2. The first-order valence-electron chi connectivity index (χ1n) is 9.73. The number of aryl methyl sites for hydroxylation is 1. The highest BCUT2D eigenvalue weighted by Crippen LogP contribution is 2.29. The molecule has 1 amide bonds. The first-order valence-corrected chi connectivity index (χ1v) is 12.0. The molecule has 0 aliphatic rings. The lowest BCUT2D eigenvalue weighted by Crippen LogP contribution is -2.23. The molecule has 0 aliphatic carbocycles. The van der Waals surface area contributed by atoms with Gasteiger partial charge in [0.25, 0.3) is 5.91 Å². The minimum Gasteiger partial charge on any atom is -0.495 e. The quantitative estimate of drug-likeness (QED) is 0.543. The van der Waals surface area contributed by atoms with Crippen molar-refractivity contribution >= 4 is 32.4 Å². The first-order chi connectivity index (χ1) is 14.8. The highest BCUT2D eigenvalue weighted by Gasteiger charge is 2.24. The number of thiazole rings is 1. The summed E-state index contributed by atoms with van der Waals surface area (Å²) < 4.78 is 31.4. The Labute approximate surface area is 186 Å². The zero-order valence-electron chi connectivity index (χ0n) is 17.9. The average molecular weight is 460 g/mol. The first kappa shape index (κ1) is 22.9. The lowest BCUT2D eigenvalue weighted by atomic mass is 10.1. The van der Waals surface area contributed by atoms with Gasteiger partial charge in [-0.2, -0.15) is 0 Å². The molecule has 2 aromatic carbocycles. The molecule has 0 saturated carbocycles. The van der Waals surface area contributed by atoms with Gasteiger partial charge >= 0.3 is 0 Å². The Balaban J connectivity index is 1.81. The van der Waals surface area contributed by atoms with Crippen molar-refractivity contribution in [3.63, 3.8) is 0 Å². The molecule has 3 aromatic rings. The molecule has 1 aromatic heterocycles. The van der Waals surface area contributed by atoms with Gasteiger partial charge < -0.3 is 4.74 Å². The van der Waals surface area contributed by atoms with Gasteiger partial charge in [0.1, 0.15) is 10.6 Å². The van der Waals surface area contributed by atoms with Crippen LogP contribution in [-0.4, -0.2) is 44.8 Å². The number of anilines is 1. The van der Waals surface area contributed by atoms with Gasteiger partial charge in [-0.3, -0.25) is 10.1 Å².